The van der Waals surface area contributed by atoms with Crippen LogP contribution in [0.3, 0.4) is 0 Å². The lowest BCUT2D eigenvalue weighted by atomic mass is 10.1. The van der Waals surface area contributed by atoms with Crippen LogP contribution in [0, 0.1) is 0 Å². The Morgan fingerprint density at radius 2 is 1.78 bits per heavy atom. The molecule has 0 aliphatic heterocycles. The van der Waals surface area contributed by atoms with Gasteiger partial charge in [-0.25, -0.2) is 0 Å². The van der Waals surface area contributed by atoms with Crippen LogP contribution in [-0.2, 0) is 4.79 Å². The molecule has 1 heterocycles. The van der Waals surface area contributed by atoms with Gasteiger partial charge in [0.25, 0.3) is 5.91 Å². The van der Waals surface area contributed by atoms with Crippen LogP contribution in [-0.4, -0.2) is 23.5 Å². The number of hydrogen-bond donors (Lipinski definition) is 2. The number of carbonyl (C=O) groups is 2. The number of carbonyl (C=O) groups excluding carboxylic acids is 2. The molecule has 0 aliphatic rings. The zero-order chi connectivity index (χ0) is 19.4. The summed E-state index contributed by atoms with van der Waals surface area (Å²) in [7, 11) is 1.46. The van der Waals surface area contributed by atoms with E-state index < -0.39 is 17.9 Å². The van der Waals surface area contributed by atoms with Crippen LogP contribution in [0.2, 0.25) is 5.02 Å². The smallest absolute Gasteiger partial charge is 0.256 e. The molecule has 0 radical (unpaired) electrons. The zero-order valence-electron chi connectivity index (χ0n) is 14.6. The van der Waals surface area contributed by atoms with Gasteiger partial charge in [0.1, 0.15) is 11.8 Å². The van der Waals surface area contributed by atoms with Crippen LogP contribution < -0.4 is 15.8 Å². The molecule has 3 N–H and O–H groups in total. The van der Waals surface area contributed by atoms with Gasteiger partial charge >= 0.3 is 0 Å². The minimum Gasteiger partial charge on any atom is -0.496 e. The van der Waals surface area contributed by atoms with E-state index in [9.17, 15) is 9.59 Å². The zero-order valence-corrected chi connectivity index (χ0v) is 15.3. The summed E-state index contributed by atoms with van der Waals surface area (Å²) in [5, 5.41) is 3.01. The Balaban J connectivity index is 1.94. The number of aromatic nitrogens is 1. The van der Waals surface area contributed by atoms with Crippen LogP contribution >= 0.6 is 11.6 Å². The highest BCUT2D eigenvalue weighted by atomic mass is 35.5. The van der Waals surface area contributed by atoms with E-state index in [2.05, 4.69) is 5.32 Å². The van der Waals surface area contributed by atoms with Gasteiger partial charge in [-0.1, -0.05) is 41.9 Å². The van der Waals surface area contributed by atoms with E-state index in [1.165, 1.54) is 13.2 Å². The topological polar surface area (TPSA) is 86.3 Å². The Kier molecular flexibility index (Phi) is 5.47. The lowest BCUT2D eigenvalue weighted by molar-refractivity contribution is -0.120. The van der Waals surface area contributed by atoms with Gasteiger partial charge in [-0.15, -0.1) is 0 Å². The quantitative estimate of drug-likeness (QED) is 0.685. The fourth-order valence-corrected chi connectivity index (χ4v) is 3.02. The maximum absolute atomic E-state index is 12.8. The van der Waals surface area contributed by atoms with Crippen LogP contribution in [0.15, 0.2) is 67.0 Å². The number of ether oxygens (including phenoxy) is 1. The molecular formula is C20H18ClN3O3. The van der Waals surface area contributed by atoms with Gasteiger partial charge in [0.15, 0.2) is 0 Å². The maximum Gasteiger partial charge on any atom is 0.256 e. The van der Waals surface area contributed by atoms with Crippen molar-refractivity contribution < 1.29 is 14.3 Å². The normalized spacial score (nSPS) is 11.6. The number of halogens is 1. The fourth-order valence-electron chi connectivity index (χ4n) is 2.76. The molecule has 7 heteroatoms. The first-order chi connectivity index (χ1) is 13.0. The van der Waals surface area contributed by atoms with Gasteiger partial charge in [0, 0.05) is 18.5 Å². The summed E-state index contributed by atoms with van der Waals surface area (Å²) < 4.78 is 7.17. The van der Waals surface area contributed by atoms with Crippen molar-refractivity contribution in [2.45, 2.75) is 6.04 Å². The highest BCUT2D eigenvalue weighted by Crippen LogP contribution is 2.30. The molecule has 0 unspecified atom stereocenters. The van der Waals surface area contributed by atoms with Crippen LogP contribution in [0.1, 0.15) is 22.0 Å². The summed E-state index contributed by atoms with van der Waals surface area (Å²) in [5.74, 6) is -0.846. The van der Waals surface area contributed by atoms with E-state index in [1.54, 1.807) is 30.3 Å². The molecule has 0 saturated carbocycles. The first kappa shape index (κ1) is 18.5. The molecular weight excluding hydrogens is 366 g/mol. The standard InChI is InChI=1S/C20H18ClN3O3/c1-27-17-12-16(24-9-5-6-10-24)15(21)11-14(17)20(26)23-18(19(22)25)13-7-3-2-4-8-13/h2-12,18H,1H3,(H2,22,25)(H,23,26)/t18-/m0/s1. The molecule has 1 aromatic heterocycles. The minimum atomic E-state index is -0.966. The molecule has 138 valence electrons. The van der Waals surface area contributed by atoms with E-state index in [-0.39, 0.29) is 5.56 Å². The van der Waals surface area contributed by atoms with Crippen molar-refractivity contribution in [2.75, 3.05) is 7.11 Å². The summed E-state index contributed by atoms with van der Waals surface area (Å²) in [5.41, 5.74) is 6.94. The molecule has 2 aromatic carbocycles. The molecule has 0 aliphatic carbocycles. The van der Waals surface area contributed by atoms with Crippen molar-refractivity contribution in [3.8, 4) is 11.4 Å². The highest BCUT2D eigenvalue weighted by molar-refractivity contribution is 6.33. The minimum absolute atomic E-state index is 0.209. The first-order valence-corrected chi connectivity index (χ1v) is 8.55. The van der Waals surface area contributed by atoms with Crippen molar-refractivity contribution in [1.29, 1.82) is 0 Å². The highest BCUT2D eigenvalue weighted by Gasteiger charge is 2.23. The number of benzene rings is 2. The van der Waals surface area contributed by atoms with Crippen molar-refractivity contribution in [2.24, 2.45) is 5.73 Å². The van der Waals surface area contributed by atoms with Crippen LogP contribution in [0.25, 0.3) is 5.69 Å². The second-order valence-corrected chi connectivity index (χ2v) is 6.22. The average Bonchev–Trinajstić information content (AvgIpc) is 3.20. The van der Waals surface area contributed by atoms with E-state index >= 15 is 0 Å². The van der Waals surface area contributed by atoms with Crippen molar-refractivity contribution in [3.05, 3.63) is 83.1 Å². The number of methoxy groups -OCH3 is 1. The van der Waals surface area contributed by atoms with Gasteiger partial charge in [0.05, 0.1) is 23.4 Å². The number of hydrogen-bond acceptors (Lipinski definition) is 3. The summed E-state index contributed by atoms with van der Waals surface area (Å²) in [6.45, 7) is 0. The molecule has 27 heavy (non-hydrogen) atoms. The lowest BCUT2D eigenvalue weighted by Gasteiger charge is -2.18. The van der Waals surface area contributed by atoms with Gasteiger partial charge in [-0.3, -0.25) is 9.59 Å². The number of amides is 2. The monoisotopic (exact) mass is 383 g/mol. The predicted molar refractivity (Wildman–Crippen MR) is 103 cm³/mol. The molecule has 3 rings (SSSR count). The summed E-state index contributed by atoms with van der Waals surface area (Å²) in [6.07, 6.45) is 3.66. The Morgan fingerprint density at radius 3 is 2.37 bits per heavy atom. The van der Waals surface area contributed by atoms with E-state index in [0.717, 1.165) is 0 Å². The molecule has 3 aromatic rings. The fraction of sp³-hybridized carbons (Fsp3) is 0.100. The van der Waals surface area contributed by atoms with Crippen LogP contribution in [0.5, 0.6) is 5.75 Å². The largest absolute Gasteiger partial charge is 0.496 e. The van der Waals surface area contributed by atoms with Gasteiger partial charge in [-0.2, -0.15) is 0 Å². The lowest BCUT2D eigenvalue weighted by Crippen LogP contribution is -2.37. The Bertz CT molecular complexity index is 956. The van der Waals surface area contributed by atoms with Crippen molar-refractivity contribution in [1.82, 2.24) is 9.88 Å². The summed E-state index contributed by atoms with van der Waals surface area (Å²) in [6, 6.07) is 14.7. The molecule has 0 fully saturated rings. The molecule has 1 atom stereocenters. The third-order valence-electron chi connectivity index (χ3n) is 4.09. The van der Waals surface area contributed by atoms with E-state index in [4.69, 9.17) is 22.1 Å². The van der Waals surface area contributed by atoms with Gasteiger partial charge in [-0.05, 0) is 23.8 Å². The Hall–Kier alpha value is -3.25. The van der Waals surface area contributed by atoms with E-state index in [1.807, 2.05) is 35.2 Å². The molecule has 0 bridgehead atoms. The molecule has 0 spiro atoms. The number of nitrogens with two attached hydrogens (primary N) is 1. The van der Waals surface area contributed by atoms with Crippen molar-refractivity contribution in [3.63, 3.8) is 0 Å². The number of nitrogens with one attached hydrogen (secondary N) is 1. The maximum atomic E-state index is 12.8. The SMILES string of the molecule is COc1cc(-n2cccc2)c(Cl)cc1C(=O)N[C@H](C(N)=O)c1ccccc1. The number of rotatable bonds is 6. The summed E-state index contributed by atoms with van der Waals surface area (Å²) in [4.78, 5) is 24.6. The first-order valence-electron chi connectivity index (χ1n) is 8.17. The predicted octanol–water partition coefficient (Wildman–Crippen LogP) is 3.10. The third-order valence-corrected chi connectivity index (χ3v) is 4.39. The Morgan fingerprint density at radius 1 is 1.11 bits per heavy atom. The summed E-state index contributed by atoms with van der Waals surface area (Å²) >= 11 is 6.36. The second-order valence-electron chi connectivity index (χ2n) is 5.81. The van der Waals surface area contributed by atoms with Gasteiger partial charge < -0.3 is 20.4 Å². The number of nitrogens with zero attached hydrogens (tertiary/aromatic N) is 1. The molecule has 2 amide bonds. The van der Waals surface area contributed by atoms with E-state index in [0.29, 0.717) is 22.0 Å². The molecule has 6 nitrogen and oxygen atoms in total. The second kappa shape index (κ2) is 7.97. The molecule has 0 saturated heterocycles. The van der Waals surface area contributed by atoms with Crippen molar-refractivity contribution >= 4 is 23.4 Å². The van der Waals surface area contributed by atoms with Crippen LogP contribution in [0.4, 0.5) is 0 Å². The average molecular weight is 384 g/mol. The Labute approximate surface area is 161 Å². The van der Waals surface area contributed by atoms with Gasteiger partial charge in [0.2, 0.25) is 5.91 Å². The third kappa shape index (κ3) is 3.96. The number of primary amides is 1.